The zero-order valence-corrected chi connectivity index (χ0v) is 14.6. The molecule has 2 aliphatic rings. The third kappa shape index (κ3) is 4.12. The lowest BCUT2D eigenvalue weighted by Crippen LogP contribution is -2.61. The lowest BCUT2D eigenvalue weighted by atomic mass is 10.1. The number of amidine groups is 1. The maximum atomic E-state index is 12.6. The Balaban J connectivity index is 1.55. The van der Waals surface area contributed by atoms with Gasteiger partial charge in [0.1, 0.15) is 5.84 Å². The van der Waals surface area contributed by atoms with Gasteiger partial charge < -0.3 is 15.7 Å². The number of piperazine rings is 2. The monoisotopic (exact) mass is 360 g/mol. The first-order chi connectivity index (χ1) is 12.4. The normalized spacial score (nSPS) is 19.6. The molecule has 26 heavy (non-hydrogen) atoms. The summed E-state index contributed by atoms with van der Waals surface area (Å²) in [5, 5.41) is 20.1. The van der Waals surface area contributed by atoms with Gasteiger partial charge in [-0.05, 0) is 24.3 Å². The fraction of sp³-hybridized carbons (Fsp3) is 0.471. The van der Waals surface area contributed by atoms with Crippen molar-refractivity contribution in [3.63, 3.8) is 0 Å². The number of nitrogen functional groups attached to an aromatic ring is 1. The second-order valence-electron chi connectivity index (χ2n) is 6.52. The van der Waals surface area contributed by atoms with Gasteiger partial charge in [-0.2, -0.15) is 0 Å². The van der Waals surface area contributed by atoms with Crippen molar-refractivity contribution >= 4 is 23.4 Å². The van der Waals surface area contributed by atoms with Gasteiger partial charge in [-0.3, -0.25) is 24.9 Å². The summed E-state index contributed by atoms with van der Waals surface area (Å²) in [5.41, 5.74) is 7.07. The Morgan fingerprint density at radius 2 is 1.73 bits per heavy atom. The third-order valence-electron chi connectivity index (χ3n) is 4.79. The summed E-state index contributed by atoms with van der Waals surface area (Å²) in [4.78, 5) is 27.3. The van der Waals surface area contributed by atoms with E-state index in [1.807, 2.05) is 26.9 Å². The number of aliphatic carboxylic acids is 1. The fourth-order valence-electron chi connectivity index (χ4n) is 3.36. The number of hydrazine groups is 1. The minimum absolute atomic E-state index is 0.0273. The molecular weight excluding hydrogens is 336 g/mol. The molecule has 1 amide bonds. The molecule has 0 atom stereocenters. The summed E-state index contributed by atoms with van der Waals surface area (Å²) in [7, 11) is 0. The highest BCUT2D eigenvalue weighted by Gasteiger charge is 2.30. The maximum absolute atomic E-state index is 12.6. The summed E-state index contributed by atoms with van der Waals surface area (Å²) in [5.74, 6) is -0.753. The van der Waals surface area contributed by atoms with Crippen LogP contribution in [0.4, 0.5) is 5.69 Å². The number of rotatable bonds is 5. The van der Waals surface area contributed by atoms with Crippen LogP contribution in [-0.4, -0.2) is 90.1 Å². The van der Waals surface area contributed by atoms with Crippen molar-refractivity contribution in [3.8, 4) is 0 Å². The van der Waals surface area contributed by atoms with Crippen LogP contribution in [0.1, 0.15) is 5.56 Å². The van der Waals surface area contributed by atoms with Crippen molar-refractivity contribution < 1.29 is 14.7 Å². The van der Waals surface area contributed by atoms with Gasteiger partial charge in [0.25, 0.3) is 5.91 Å². The number of amides is 1. The molecule has 0 aliphatic carbocycles. The minimum Gasteiger partial charge on any atom is -0.480 e. The van der Waals surface area contributed by atoms with Crippen LogP contribution >= 0.6 is 0 Å². The van der Waals surface area contributed by atoms with Gasteiger partial charge in [0, 0.05) is 44.0 Å². The zero-order valence-electron chi connectivity index (χ0n) is 14.6. The molecule has 0 unspecified atom stereocenters. The van der Waals surface area contributed by atoms with Crippen molar-refractivity contribution in [2.75, 3.05) is 57.3 Å². The molecule has 0 radical (unpaired) electrons. The van der Waals surface area contributed by atoms with Crippen molar-refractivity contribution in [1.82, 2.24) is 14.9 Å². The second kappa shape index (κ2) is 7.71. The lowest BCUT2D eigenvalue weighted by Gasteiger charge is -2.44. The van der Waals surface area contributed by atoms with Crippen LogP contribution in [-0.2, 0) is 9.59 Å². The predicted molar refractivity (Wildman–Crippen MR) is 97.0 cm³/mol. The molecule has 2 aliphatic heterocycles. The fourth-order valence-corrected chi connectivity index (χ4v) is 3.36. The highest BCUT2D eigenvalue weighted by Crippen LogP contribution is 2.19. The van der Waals surface area contributed by atoms with E-state index in [1.165, 1.54) is 0 Å². The lowest BCUT2D eigenvalue weighted by molar-refractivity contribution is -0.154. The number of nitrogens with zero attached hydrogens (tertiary/aromatic N) is 4. The summed E-state index contributed by atoms with van der Waals surface area (Å²) in [6.45, 7) is 4.28. The Hall–Kier alpha value is -2.65. The van der Waals surface area contributed by atoms with E-state index in [9.17, 15) is 9.59 Å². The van der Waals surface area contributed by atoms with Crippen LogP contribution in [0.2, 0.25) is 0 Å². The van der Waals surface area contributed by atoms with Crippen molar-refractivity contribution in [2.24, 2.45) is 5.73 Å². The number of nitrogens with one attached hydrogen (secondary N) is 1. The van der Waals surface area contributed by atoms with E-state index in [0.717, 1.165) is 12.2 Å². The summed E-state index contributed by atoms with van der Waals surface area (Å²) in [6, 6.07) is 7.33. The van der Waals surface area contributed by atoms with Gasteiger partial charge in [0.2, 0.25) is 0 Å². The molecule has 0 bridgehead atoms. The smallest absolute Gasteiger partial charge is 0.317 e. The Morgan fingerprint density at radius 3 is 2.27 bits per heavy atom. The number of carboxylic acid groups (broad SMARTS) is 1. The average molecular weight is 360 g/mol. The van der Waals surface area contributed by atoms with Gasteiger partial charge in [0.05, 0.1) is 19.6 Å². The maximum Gasteiger partial charge on any atom is 0.317 e. The van der Waals surface area contributed by atoms with Gasteiger partial charge in [-0.25, -0.2) is 5.01 Å². The molecule has 1 aromatic carbocycles. The molecule has 0 spiro atoms. The number of nitrogens with two attached hydrogens (primary N) is 1. The summed E-state index contributed by atoms with van der Waals surface area (Å²) in [6.07, 6.45) is 0. The standard InChI is InChI=1S/C17H24N6O3/c18-17(19)13-1-3-14(4-2-13)21-7-10-23(15(24)11-21)22-8-5-20(6-9-22)12-16(25)26/h1-4H,5-12H2,(H3,18,19)(H,25,26). The Kier molecular flexibility index (Phi) is 5.38. The number of hydrogen-bond donors (Lipinski definition) is 3. The Morgan fingerprint density at radius 1 is 1.08 bits per heavy atom. The molecule has 1 aromatic rings. The molecule has 4 N–H and O–H groups in total. The molecule has 3 rings (SSSR count). The first-order valence-corrected chi connectivity index (χ1v) is 8.63. The van der Waals surface area contributed by atoms with E-state index < -0.39 is 5.97 Å². The van der Waals surface area contributed by atoms with Gasteiger partial charge in [-0.1, -0.05) is 0 Å². The minimum atomic E-state index is -0.820. The number of hydrogen-bond acceptors (Lipinski definition) is 6. The molecule has 9 heteroatoms. The molecule has 2 saturated heterocycles. The van der Waals surface area contributed by atoms with Crippen LogP contribution in [0.25, 0.3) is 0 Å². The average Bonchev–Trinajstić information content (AvgIpc) is 2.62. The topological polar surface area (TPSA) is 117 Å². The first-order valence-electron chi connectivity index (χ1n) is 8.63. The molecule has 2 fully saturated rings. The van der Waals surface area contributed by atoms with E-state index in [-0.39, 0.29) is 18.3 Å². The highest BCUT2D eigenvalue weighted by atomic mass is 16.4. The number of carbonyl (C=O) groups excluding carboxylic acids is 1. The van der Waals surface area contributed by atoms with Crippen LogP contribution in [0.3, 0.4) is 0 Å². The van der Waals surface area contributed by atoms with E-state index in [0.29, 0.717) is 44.8 Å². The largest absolute Gasteiger partial charge is 0.480 e. The van der Waals surface area contributed by atoms with E-state index >= 15 is 0 Å². The number of carboxylic acids is 1. The number of anilines is 1. The first kappa shape index (κ1) is 18.2. The van der Waals surface area contributed by atoms with Crippen molar-refractivity contribution in [3.05, 3.63) is 29.8 Å². The van der Waals surface area contributed by atoms with Crippen LogP contribution in [0.15, 0.2) is 24.3 Å². The molecule has 9 nitrogen and oxygen atoms in total. The number of carbonyl (C=O) groups is 2. The molecule has 2 heterocycles. The van der Waals surface area contributed by atoms with Crippen molar-refractivity contribution in [2.45, 2.75) is 0 Å². The summed E-state index contributed by atoms with van der Waals surface area (Å²) >= 11 is 0. The van der Waals surface area contributed by atoms with E-state index in [1.54, 1.807) is 17.1 Å². The highest BCUT2D eigenvalue weighted by molar-refractivity contribution is 5.95. The molecule has 0 saturated carbocycles. The third-order valence-corrected chi connectivity index (χ3v) is 4.79. The molecular formula is C17H24N6O3. The van der Waals surface area contributed by atoms with E-state index in [4.69, 9.17) is 16.2 Å². The predicted octanol–water partition coefficient (Wildman–Crippen LogP) is -0.764. The quantitative estimate of drug-likeness (QED) is 0.466. The van der Waals surface area contributed by atoms with Gasteiger partial charge >= 0.3 is 5.97 Å². The van der Waals surface area contributed by atoms with Gasteiger partial charge in [0.15, 0.2) is 0 Å². The Bertz CT molecular complexity index is 684. The molecule has 140 valence electrons. The Labute approximate surface area is 152 Å². The molecule has 0 aromatic heterocycles. The van der Waals surface area contributed by atoms with Crippen molar-refractivity contribution in [1.29, 1.82) is 5.41 Å². The van der Waals surface area contributed by atoms with Crippen LogP contribution < -0.4 is 10.6 Å². The second-order valence-corrected chi connectivity index (χ2v) is 6.52. The number of benzene rings is 1. The van der Waals surface area contributed by atoms with Crippen LogP contribution in [0, 0.1) is 5.41 Å². The van der Waals surface area contributed by atoms with E-state index in [2.05, 4.69) is 0 Å². The van der Waals surface area contributed by atoms with Gasteiger partial charge in [-0.15, -0.1) is 0 Å². The SMILES string of the molecule is N=C(N)c1ccc(N2CCN(N3CCN(CC(=O)O)CC3)C(=O)C2)cc1. The summed E-state index contributed by atoms with van der Waals surface area (Å²) < 4.78 is 0. The van der Waals surface area contributed by atoms with Crippen LogP contribution in [0.5, 0.6) is 0 Å². The zero-order chi connectivity index (χ0) is 18.7.